The molecule has 0 saturated carbocycles. The number of para-hydroxylation sites is 1. The molecule has 0 fully saturated rings. The van der Waals surface area contributed by atoms with Crippen molar-refractivity contribution >= 4 is 50.3 Å². The average Bonchev–Trinajstić information content (AvgIpc) is 3.49. The number of anilines is 1. The molecule has 0 aromatic heterocycles. The van der Waals surface area contributed by atoms with Gasteiger partial charge in [0.25, 0.3) is 0 Å². The van der Waals surface area contributed by atoms with Gasteiger partial charge in [0.2, 0.25) is 0 Å². The largest absolute Gasteiger partial charge is 0.490 e. The van der Waals surface area contributed by atoms with E-state index in [2.05, 4.69) is 76.5 Å². The fraction of sp³-hybridized carbons (Fsp3) is 0.206. The van der Waals surface area contributed by atoms with Gasteiger partial charge in [-0.25, -0.2) is 0 Å². The molecule has 0 radical (unpaired) electrons. The number of benzene rings is 4. The number of fused-ring (bicyclic) bond motifs is 3. The van der Waals surface area contributed by atoms with Gasteiger partial charge in [-0.3, -0.25) is 4.99 Å². The van der Waals surface area contributed by atoms with Gasteiger partial charge in [-0.05, 0) is 108 Å². The molecule has 4 aromatic carbocycles. The summed E-state index contributed by atoms with van der Waals surface area (Å²) in [5.41, 5.74) is 6.39. The van der Waals surface area contributed by atoms with Gasteiger partial charge < -0.3 is 14.2 Å². The van der Waals surface area contributed by atoms with Crippen molar-refractivity contribution in [2.24, 2.45) is 10.9 Å². The lowest BCUT2D eigenvalue weighted by Crippen LogP contribution is -2.28. The van der Waals surface area contributed by atoms with Crippen molar-refractivity contribution in [2.45, 2.75) is 37.1 Å². The Bertz CT molecular complexity index is 1770. The van der Waals surface area contributed by atoms with Gasteiger partial charge in [-0.1, -0.05) is 60.2 Å². The van der Waals surface area contributed by atoms with Gasteiger partial charge in [0.05, 0.1) is 21.9 Å². The molecule has 1 aliphatic carbocycles. The highest BCUT2D eigenvalue weighted by Gasteiger charge is 2.37. The van der Waals surface area contributed by atoms with Crippen LogP contribution in [0.5, 0.6) is 11.5 Å². The quantitative estimate of drug-likeness (QED) is 0.0871. The smallest absolute Gasteiger partial charge is 0.339 e. The van der Waals surface area contributed by atoms with Crippen molar-refractivity contribution in [3.8, 4) is 11.5 Å². The molecule has 3 atom stereocenters. The van der Waals surface area contributed by atoms with Crippen molar-refractivity contribution in [3.05, 3.63) is 123 Å². The molecule has 1 N–H and O–H groups in total. The minimum atomic E-state index is -4.02. The van der Waals surface area contributed by atoms with Crippen LogP contribution in [0.2, 0.25) is 0 Å². The van der Waals surface area contributed by atoms with E-state index in [4.69, 9.17) is 13.9 Å². The lowest BCUT2D eigenvalue weighted by Gasteiger charge is -2.37. The second kappa shape index (κ2) is 11.9. The minimum Gasteiger partial charge on any atom is -0.490 e. The van der Waals surface area contributed by atoms with Crippen molar-refractivity contribution < 1.29 is 17.3 Å². The standard InChI is InChI=1S/C34H31IN2O4S/c1-3-40-32-20-23(19-30(35)34(32)41-42(38,39)26-17-11-22(2)12-18-26)21-36-25-15-13-24(14-16-25)33-29-9-6-8-27(29)28-7-4-5-10-31(28)37-33/h4-8,10-21,27,29,33,37H,3,9H2,1-2H3/t27-,29+,33-/m0/s1. The van der Waals surface area contributed by atoms with Crippen molar-refractivity contribution in [3.63, 3.8) is 0 Å². The van der Waals surface area contributed by atoms with Crippen LogP contribution in [0.25, 0.3) is 0 Å². The molecule has 0 amide bonds. The van der Waals surface area contributed by atoms with E-state index < -0.39 is 10.1 Å². The highest BCUT2D eigenvalue weighted by Crippen LogP contribution is 2.49. The normalized spacial score (nSPS) is 19.3. The van der Waals surface area contributed by atoms with Gasteiger partial charge >= 0.3 is 10.1 Å². The van der Waals surface area contributed by atoms with Crippen molar-refractivity contribution in [2.75, 3.05) is 11.9 Å². The first-order chi connectivity index (χ1) is 20.3. The van der Waals surface area contributed by atoms with Crippen LogP contribution in [0.1, 0.15) is 47.6 Å². The fourth-order valence-electron chi connectivity index (χ4n) is 5.66. The summed E-state index contributed by atoms with van der Waals surface area (Å²) in [4.78, 5) is 4.78. The van der Waals surface area contributed by atoms with Gasteiger partial charge in [-0.15, -0.1) is 0 Å². The van der Waals surface area contributed by atoms with Crippen LogP contribution in [0.15, 0.2) is 107 Å². The summed E-state index contributed by atoms with van der Waals surface area (Å²) in [6.45, 7) is 4.10. The van der Waals surface area contributed by atoms with Crippen molar-refractivity contribution in [1.82, 2.24) is 0 Å². The number of allylic oxidation sites excluding steroid dienone is 2. The number of hydrogen-bond acceptors (Lipinski definition) is 6. The van der Waals surface area contributed by atoms with E-state index in [1.165, 1.54) is 28.9 Å². The van der Waals surface area contributed by atoms with Crippen LogP contribution >= 0.6 is 22.6 Å². The Balaban J connectivity index is 1.21. The monoisotopic (exact) mass is 690 g/mol. The maximum absolute atomic E-state index is 13.0. The third kappa shape index (κ3) is 5.83. The van der Waals surface area contributed by atoms with E-state index >= 15 is 0 Å². The number of aliphatic imine (C=N–C) groups is 1. The number of aryl methyl sites for hydroxylation is 1. The van der Waals surface area contributed by atoms with Crippen LogP contribution in [-0.2, 0) is 10.1 Å². The topological polar surface area (TPSA) is 77.0 Å². The van der Waals surface area contributed by atoms with Crippen LogP contribution in [0.3, 0.4) is 0 Å². The Labute approximate surface area is 260 Å². The summed E-state index contributed by atoms with van der Waals surface area (Å²) in [5.74, 6) is 1.44. The third-order valence-corrected chi connectivity index (χ3v) is 9.76. The Morgan fingerprint density at radius 1 is 1.02 bits per heavy atom. The molecule has 6 rings (SSSR count). The summed E-state index contributed by atoms with van der Waals surface area (Å²) in [5, 5.41) is 3.77. The minimum absolute atomic E-state index is 0.0905. The molecule has 1 heterocycles. The summed E-state index contributed by atoms with van der Waals surface area (Å²) >= 11 is 2.07. The van der Waals surface area contributed by atoms with Crippen LogP contribution in [0, 0.1) is 16.4 Å². The molecule has 0 unspecified atom stereocenters. The second-order valence-electron chi connectivity index (χ2n) is 10.5. The third-order valence-electron chi connectivity index (χ3n) is 7.72. The van der Waals surface area contributed by atoms with E-state index in [0.717, 1.165) is 23.2 Å². The molecule has 0 bridgehead atoms. The highest BCUT2D eigenvalue weighted by atomic mass is 127. The molecule has 0 saturated heterocycles. The van der Waals surface area contributed by atoms with E-state index in [0.29, 0.717) is 27.8 Å². The van der Waals surface area contributed by atoms with Crippen LogP contribution < -0.4 is 14.2 Å². The van der Waals surface area contributed by atoms with E-state index in [-0.39, 0.29) is 16.7 Å². The SMILES string of the molecule is CCOc1cc(C=Nc2ccc([C@@H]3Nc4ccccc4[C@@H]4C=CC[C@H]43)cc2)cc(I)c1OS(=O)(=O)c1ccc(C)cc1. The van der Waals surface area contributed by atoms with Gasteiger partial charge in [0, 0.05) is 17.8 Å². The molecule has 1 aliphatic heterocycles. The maximum atomic E-state index is 13.0. The van der Waals surface area contributed by atoms with E-state index in [1.807, 2.05) is 32.0 Å². The molecule has 2 aliphatic rings. The van der Waals surface area contributed by atoms with Gasteiger partial charge in [0.1, 0.15) is 4.90 Å². The molecule has 42 heavy (non-hydrogen) atoms. The average molecular weight is 691 g/mol. The molecular weight excluding hydrogens is 659 g/mol. The molecule has 6 nitrogen and oxygen atoms in total. The molecule has 0 spiro atoms. The Morgan fingerprint density at radius 2 is 1.79 bits per heavy atom. The highest BCUT2D eigenvalue weighted by molar-refractivity contribution is 14.1. The summed E-state index contributed by atoms with van der Waals surface area (Å²) in [6.07, 6.45) is 7.46. The lowest BCUT2D eigenvalue weighted by atomic mass is 9.77. The second-order valence-corrected chi connectivity index (χ2v) is 13.2. The zero-order valence-corrected chi connectivity index (χ0v) is 26.3. The van der Waals surface area contributed by atoms with E-state index in [1.54, 1.807) is 24.4 Å². The zero-order valence-electron chi connectivity index (χ0n) is 23.3. The molecular formula is C34H31IN2O4S. The van der Waals surface area contributed by atoms with Crippen LogP contribution in [-0.4, -0.2) is 21.2 Å². The Morgan fingerprint density at radius 3 is 2.55 bits per heavy atom. The van der Waals surface area contributed by atoms with Gasteiger partial charge in [0.15, 0.2) is 11.5 Å². The van der Waals surface area contributed by atoms with Crippen LogP contribution in [0.4, 0.5) is 11.4 Å². The first-order valence-corrected chi connectivity index (χ1v) is 16.4. The number of ether oxygens (including phenoxy) is 1. The Kier molecular flexibility index (Phi) is 8.09. The number of halogens is 1. The maximum Gasteiger partial charge on any atom is 0.339 e. The predicted octanol–water partition coefficient (Wildman–Crippen LogP) is 8.34. The lowest BCUT2D eigenvalue weighted by molar-refractivity contribution is 0.327. The first-order valence-electron chi connectivity index (χ1n) is 14.0. The summed E-state index contributed by atoms with van der Waals surface area (Å²) < 4.78 is 37.9. The number of nitrogens with one attached hydrogen (secondary N) is 1. The Hall–Kier alpha value is -3.63. The fourth-order valence-corrected chi connectivity index (χ4v) is 7.50. The number of nitrogens with zero attached hydrogens (tertiary/aromatic N) is 1. The first kappa shape index (κ1) is 28.5. The molecule has 214 valence electrons. The summed E-state index contributed by atoms with van der Waals surface area (Å²) in [7, 11) is -4.02. The number of hydrogen-bond donors (Lipinski definition) is 1. The predicted molar refractivity (Wildman–Crippen MR) is 176 cm³/mol. The molecule has 8 heteroatoms. The number of rotatable bonds is 8. The summed E-state index contributed by atoms with van der Waals surface area (Å²) in [6, 6.07) is 27.3. The van der Waals surface area contributed by atoms with E-state index in [9.17, 15) is 8.42 Å². The van der Waals surface area contributed by atoms with Gasteiger partial charge in [-0.2, -0.15) is 8.42 Å². The zero-order chi connectivity index (χ0) is 29.3. The van der Waals surface area contributed by atoms with Crippen molar-refractivity contribution in [1.29, 1.82) is 0 Å². The molecule has 4 aromatic rings.